The lowest BCUT2D eigenvalue weighted by Gasteiger charge is -2.32. The Morgan fingerprint density at radius 1 is 1.25 bits per heavy atom. The normalized spacial score (nSPS) is 15.6. The maximum Gasteiger partial charge on any atom is 0.224 e. The first-order valence-electron chi connectivity index (χ1n) is 9.85. The second-order valence-corrected chi connectivity index (χ2v) is 7.35. The van der Waals surface area contributed by atoms with E-state index in [-0.39, 0.29) is 29.9 Å². The largest absolute Gasteiger partial charge is 0.356 e. The highest BCUT2D eigenvalue weighted by molar-refractivity contribution is 14.0. The van der Waals surface area contributed by atoms with Gasteiger partial charge in [-0.15, -0.1) is 24.0 Å². The zero-order chi connectivity index (χ0) is 19.5. The quantitative estimate of drug-likeness (QED) is 0.211. The molecule has 158 valence electrons. The number of hydrogen-bond acceptors (Lipinski definition) is 3. The number of likely N-dealkylation sites (tertiary alicyclic amines) is 1. The molecule has 3 N–H and O–H groups in total. The van der Waals surface area contributed by atoms with Crippen LogP contribution >= 0.6 is 35.6 Å². The van der Waals surface area contributed by atoms with Crippen LogP contribution in [0, 0.1) is 0 Å². The maximum atomic E-state index is 12.0. The van der Waals surface area contributed by atoms with E-state index in [1.54, 1.807) is 31.3 Å². The van der Waals surface area contributed by atoms with E-state index in [2.05, 4.69) is 32.8 Å². The summed E-state index contributed by atoms with van der Waals surface area (Å²) in [7, 11) is 1.79. The first-order chi connectivity index (χ1) is 13.1. The van der Waals surface area contributed by atoms with Crippen molar-refractivity contribution in [2.75, 3.05) is 38.5 Å². The van der Waals surface area contributed by atoms with Gasteiger partial charge in [0.15, 0.2) is 5.96 Å². The lowest BCUT2D eigenvalue weighted by Crippen LogP contribution is -2.48. The molecule has 0 saturated carbocycles. The molecular formula is C20H33ClIN5O. The summed E-state index contributed by atoms with van der Waals surface area (Å²) in [4.78, 5) is 18.8. The molecule has 0 spiro atoms. The summed E-state index contributed by atoms with van der Waals surface area (Å²) >= 11 is 5.84. The molecule has 0 atom stereocenters. The zero-order valence-corrected chi connectivity index (χ0v) is 19.9. The molecule has 0 radical (unpaired) electrons. The molecule has 28 heavy (non-hydrogen) atoms. The predicted octanol–water partition coefficient (Wildman–Crippen LogP) is 3.72. The average molecular weight is 522 g/mol. The van der Waals surface area contributed by atoms with E-state index in [0.29, 0.717) is 24.0 Å². The molecule has 1 saturated heterocycles. The monoisotopic (exact) mass is 521 g/mol. The summed E-state index contributed by atoms with van der Waals surface area (Å²) in [5.41, 5.74) is 0.768. The number of amides is 1. The van der Waals surface area contributed by atoms with Gasteiger partial charge in [0.1, 0.15) is 0 Å². The Bertz CT molecular complexity index is 603. The van der Waals surface area contributed by atoms with Crippen LogP contribution in [-0.2, 0) is 4.79 Å². The second-order valence-electron chi connectivity index (χ2n) is 6.92. The van der Waals surface area contributed by atoms with Crippen LogP contribution in [0.3, 0.4) is 0 Å². The third-order valence-electron chi connectivity index (χ3n) is 4.69. The van der Waals surface area contributed by atoms with Crippen molar-refractivity contribution >= 4 is 53.1 Å². The van der Waals surface area contributed by atoms with Crippen molar-refractivity contribution in [3.05, 3.63) is 29.3 Å². The van der Waals surface area contributed by atoms with Crippen molar-refractivity contribution in [1.29, 1.82) is 0 Å². The fourth-order valence-corrected chi connectivity index (χ4v) is 3.34. The van der Waals surface area contributed by atoms with E-state index >= 15 is 0 Å². The third-order valence-corrected chi connectivity index (χ3v) is 4.94. The Labute approximate surface area is 190 Å². The van der Waals surface area contributed by atoms with Gasteiger partial charge in [0.25, 0.3) is 0 Å². The number of anilines is 1. The van der Waals surface area contributed by atoms with Crippen molar-refractivity contribution in [3.8, 4) is 0 Å². The molecule has 1 amide bonds. The molecule has 2 rings (SSSR count). The van der Waals surface area contributed by atoms with Crippen LogP contribution in [0.1, 0.15) is 39.0 Å². The molecule has 6 nitrogen and oxygen atoms in total. The van der Waals surface area contributed by atoms with Gasteiger partial charge in [-0.05, 0) is 56.5 Å². The van der Waals surface area contributed by atoms with Crippen LogP contribution in [0.5, 0.6) is 0 Å². The summed E-state index contributed by atoms with van der Waals surface area (Å²) in [5, 5.41) is 10.3. The van der Waals surface area contributed by atoms with E-state index in [4.69, 9.17) is 11.6 Å². The van der Waals surface area contributed by atoms with Gasteiger partial charge in [-0.25, -0.2) is 0 Å². The molecule has 0 bridgehead atoms. The highest BCUT2D eigenvalue weighted by atomic mass is 127. The van der Waals surface area contributed by atoms with Gasteiger partial charge < -0.3 is 20.9 Å². The highest BCUT2D eigenvalue weighted by Crippen LogP contribution is 2.13. The number of carbonyl (C=O) groups excluding carboxylic acids is 1. The summed E-state index contributed by atoms with van der Waals surface area (Å²) < 4.78 is 0. The number of nitrogens with zero attached hydrogens (tertiary/aromatic N) is 2. The minimum atomic E-state index is 0. The summed E-state index contributed by atoms with van der Waals surface area (Å²) in [5.74, 6) is 0.826. The SMILES string of the molecule is CCCN1CCC(NC(=NC)NCCCC(=O)Nc2ccc(Cl)cc2)CC1.I. The minimum absolute atomic E-state index is 0. The van der Waals surface area contributed by atoms with Gasteiger partial charge in [0.05, 0.1) is 0 Å². The third kappa shape index (κ3) is 9.43. The van der Waals surface area contributed by atoms with Crippen molar-refractivity contribution in [3.63, 3.8) is 0 Å². The van der Waals surface area contributed by atoms with Gasteiger partial charge >= 0.3 is 0 Å². The van der Waals surface area contributed by atoms with E-state index in [9.17, 15) is 4.79 Å². The number of aliphatic imine (C=N–C) groups is 1. The second kappa shape index (κ2) is 14.0. The van der Waals surface area contributed by atoms with Crippen LogP contribution in [0.2, 0.25) is 5.02 Å². The Morgan fingerprint density at radius 3 is 2.54 bits per heavy atom. The van der Waals surface area contributed by atoms with Crippen molar-refractivity contribution < 1.29 is 4.79 Å². The lowest BCUT2D eigenvalue weighted by molar-refractivity contribution is -0.116. The number of hydrogen-bond donors (Lipinski definition) is 3. The first kappa shape index (κ1) is 25.0. The van der Waals surface area contributed by atoms with Crippen LogP contribution in [0.25, 0.3) is 0 Å². The van der Waals surface area contributed by atoms with Gasteiger partial charge in [0.2, 0.25) is 5.91 Å². The van der Waals surface area contributed by atoms with Crippen molar-refractivity contribution in [2.45, 2.75) is 45.1 Å². The fraction of sp³-hybridized carbons (Fsp3) is 0.600. The standard InChI is InChI=1S/C20H32ClN5O.HI/c1-3-13-26-14-10-18(11-15-26)25-20(22-2)23-12-4-5-19(27)24-17-8-6-16(21)7-9-17;/h6-9,18H,3-5,10-15H2,1-2H3,(H,24,27)(H2,22,23,25);1H. The predicted molar refractivity (Wildman–Crippen MR) is 129 cm³/mol. The highest BCUT2D eigenvalue weighted by Gasteiger charge is 2.19. The molecule has 0 aromatic heterocycles. The van der Waals surface area contributed by atoms with Crippen molar-refractivity contribution in [2.24, 2.45) is 4.99 Å². The van der Waals surface area contributed by atoms with Crippen LogP contribution < -0.4 is 16.0 Å². The number of guanidine groups is 1. The minimum Gasteiger partial charge on any atom is -0.356 e. The molecule has 1 aromatic carbocycles. The zero-order valence-electron chi connectivity index (χ0n) is 16.8. The Morgan fingerprint density at radius 2 is 1.93 bits per heavy atom. The number of rotatable bonds is 8. The van der Waals surface area contributed by atoms with E-state index in [1.807, 2.05) is 0 Å². The summed E-state index contributed by atoms with van der Waals surface area (Å²) in [6.45, 7) is 6.42. The number of benzene rings is 1. The Balaban J connectivity index is 0.00000392. The molecule has 1 heterocycles. The smallest absolute Gasteiger partial charge is 0.224 e. The molecule has 8 heteroatoms. The van der Waals surface area contributed by atoms with Crippen LogP contribution in [0.15, 0.2) is 29.3 Å². The van der Waals surface area contributed by atoms with E-state index in [0.717, 1.165) is 44.0 Å². The molecule has 1 fully saturated rings. The molecule has 0 aliphatic carbocycles. The van der Waals surface area contributed by atoms with E-state index in [1.165, 1.54) is 13.0 Å². The van der Waals surface area contributed by atoms with Gasteiger partial charge in [0, 0.05) is 49.9 Å². The summed E-state index contributed by atoms with van der Waals surface area (Å²) in [6.07, 6.45) is 4.71. The van der Waals surface area contributed by atoms with Crippen LogP contribution in [-0.4, -0.2) is 56.0 Å². The van der Waals surface area contributed by atoms with Gasteiger partial charge in [-0.1, -0.05) is 18.5 Å². The number of halogens is 2. The van der Waals surface area contributed by atoms with Crippen LogP contribution in [0.4, 0.5) is 5.69 Å². The van der Waals surface area contributed by atoms with E-state index < -0.39 is 0 Å². The average Bonchev–Trinajstić information content (AvgIpc) is 2.67. The summed E-state index contributed by atoms with van der Waals surface area (Å²) in [6, 6.07) is 7.60. The lowest BCUT2D eigenvalue weighted by atomic mass is 10.1. The van der Waals surface area contributed by atoms with Crippen molar-refractivity contribution in [1.82, 2.24) is 15.5 Å². The fourth-order valence-electron chi connectivity index (χ4n) is 3.22. The number of nitrogens with one attached hydrogen (secondary N) is 3. The molecule has 0 unspecified atom stereocenters. The molecule has 1 aliphatic rings. The maximum absolute atomic E-state index is 12.0. The Hall–Kier alpha value is -1.06. The Kier molecular flexibility index (Phi) is 12.5. The molecular weight excluding hydrogens is 489 g/mol. The number of carbonyl (C=O) groups is 1. The molecule has 1 aromatic rings. The van der Waals surface area contributed by atoms with Gasteiger partial charge in [-0.3, -0.25) is 9.79 Å². The number of piperidine rings is 1. The topological polar surface area (TPSA) is 68.8 Å². The molecule has 1 aliphatic heterocycles. The van der Waals surface area contributed by atoms with Gasteiger partial charge in [-0.2, -0.15) is 0 Å². The first-order valence-corrected chi connectivity index (χ1v) is 10.2.